The van der Waals surface area contributed by atoms with Crippen LogP contribution in [0.1, 0.15) is 37.2 Å². The van der Waals surface area contributed by atoms with E-state index >= 15 is 0 Å². The van der Waals surface area contributed by atoms with Crippen LogP contribution < -0.4 is 4.90 Å². The van der Waals surface area contributed by atoms with Crippen LogP contribution in [0.5, 0.6) is 0 Å². The minimum absolute atomic E-state index is 0.00528. The van der Waals surface area contributed by atoms with E-state index < -0.39 is 0 Å². The highest BCUT2D eigenvalue weighted by Crippen LogP contribution is 2.40. The van der Waals surface area contributed by atoms with Crippen molar-refractivity contribution in [1.29, 1.82) is 0 Å². The summed E-state index contributed by atoms with van der Waals surface area (Å²) in [6.45, 7) is 2.28. The zero-order valence-corrected chi connectivity index (χ0v) is 16.4. The highest BCUT2D eigenvalue weighted by molar-refractivity contribution is 5.87. The Kier molecular flexibility index (Phi) is 4.72. The molecule has 5 nitrogen and oxygen atoms in total. The van der Waals surface area contributed by atoms with Crippen molar-refractivity contribution in [3.8, 4) is 0 Å². The summed E-state index contributed by atoms with van der Waals surface area (Å²) in [6.07, 6.45) is 4.10. The van der Waals surface area contributed by atoms with Crippen molar-refractivity contribution >= 4 is 11.8 Å². The molecule has 2 fully saturated rings. The first-order chi connectivity index (χ1) is 12.9. The maximum atomic E-state index is 13.1. The predicted molar refractivity (Wildman–Crippen MR) is 104 cm³/mol. The summed E-state index contributed by atoms with van der Waals surface area (Å²) in [7, 11) is 4.63. The van der Waals surface area contributed by atoms with Crippen LogP contribution in [0.15, 0.2) is 46.9 Å². The summed E-state index contributed by atoms with van der Waals surface area (Å²) >= 11 is 0. The Labute approximate surface area is 161 Å². The molecule has 3 atom stereocenters. The molecule has 1 unspecified atom stereocenters. The summed E-state index contributed by atoms with van der Waals surface area (Å²) in [5.41, 5.74) is 0.825. The number of quaternary nitrogens is 1. The molecule has 4 rings (SSSR count). The number of furan rings is 1. The van der Waals surface area contributed by atoms with E-state index in [9.17, 15) is 4.79 Å². The first-order valence-electron chi connectivity index (χ1n) is 9.85. The molecule has 2 saturated heterocycles. The van der Waals surface area contributed by atoms with Crippen LogP contribution in [0.4, 0.5) is 10.5 Å². The molecule has 0 radical (unpaired) electrons. The average Bonchev–Trinajstić information content (AvgIpc) is 3.07. The van der Waals surface area contributed by atoms with Crippen molar-refractivity contribution in [2.75, 3.05) is 19.0 Å². The molecule has 144 valence electrons. The molecule has 1 aromatic heterocycles. The van der Waals surface area contributed by atoms with Gasteiger partial charge in [0.25, 0.3) is 0 Å². The number of benzene rings is 1. The Balaban J connectivity index is 1.49. The van der Waals surface area contributed by atoms with Gasteiger partial charge in [-0.2, -0.15) is 0 Å². The van der Waals surface area contributed by atoms with E-state index in [1.54, 1.807) is 4.90 Å². The molecule has 2 aromatic rings. The van der Waals surface area contributed by atoms with Crippen LogP contribution in [-0.4, -0.2) is 42.9 Å². The van der Waals surface area contributed by atoms with Crippen molar-refractivity contribution < 1.29 is 18.4 Å². The second kappa shape index (κ2) is 7.04. The van der Waals surface area contributed by atoms with Gasteiger partial charge in [-0.25, -0.2) is 4.79 Å². The lowest BCUT2D eigenvalue weighted by atomic mass is 9.98. The summed E-state index contributed by atoms with van der Waals surface area (Å²) in [5, 5.41) is 0. The van der Waals surface area contributed by atoms with Crippen LogP contribution in [0, 0.1) is 6.92 Å². The van der Waals surface area contributed by atoms with Crippen LogP contribution in [0.25, 0.3) is 0 Å². The third kappa shape index (κ3) is 3.61. The molecule has 0 N–H and O–H groups in total. The zero-order valence-electron chi connectivity index (χ0n) is 16.4. The van der Waals surface area contributed by atoms with Gasteiger partial charge in [0.1, 0.15) is 17.6 Å². The molecular formula is C22H29N2O3+. The number of ether oxygens (including phenoxy) is 1. The summed E-state index contributed by atoms with van der Waals surface area (Å²) in [5.74, 6) is 1.60. The first kappa shape index (κ1) is 18.1. The van der Waals surface area contributed by atoms with Gasteiger partial charge in [-0.1, -0.05) is 18.2 Å². The van der Waals surface area contributed by atoms with Gasteiger partial charge in [-0.15, -0.1) is 0 Å². The molecule has 2 bridgehead atoms. The van der Waals surface area contributed by atoms with Gasteiger partial charge < -0.3 is 13.6 Å². The maximum Gasteiger partial charge on any atom is 0.414 e. The quantitative estimate of drug-likeness (QED) is 0.745. The lowest BCUT2D eigenvalue weighted by Crippen LogP contribution is -2.56. The maximum absolute atomic E-state index is 13.1. The number of carbonyl (C=O) groups excluding carboxylic acids is 1. The van der Waals surface area contributed by atoms with Gasteiger partial charge in [-0.3, -0.25) is 4.90 Å². The largest absolute Gasteiger partial charge is 0.464 e. The standard InChI is InChI=1S/C22H29N2O3/c1-16-9-12-20(26-16)15-23(17-7-5-4-6-8-17)22(25)27-21-13-18-10-11-19(14-21)24(18,2)3/h4-9,12,18-19,21H,10-11,13-15H2,1-3H3/q+1/t18-,19+,21?. The number of rotatable bonds is 4. The summed E-state index contributed by atoms with van der Waals surface area (Å²) < 4.78 is 12.8. The van der Waals surface area contributed by atoms with Crippen molar-refractivity contribution in [2.24, 2.45) is 0 Å². The van der Waals surface area contributed by atoms with E-state index in [2.05, 4.69) is 14.1 Å². The number of nitrogens with zero attached hydrogens (tertiary/aromatic N) is 2. The van der Waals surface area contributed by atoms with E-state index in [0.717, 1.165) is 34.5 Å². The Morgan fingerprint density at radius 1 is 1.11 bits per heavy atom. The molecule has 1 aromatic carbocycles. The summed E-state index contributed by atoms with van der Waals surface area (Å²) in [6, 6.07) is 14.7. The zero-order chi connectivity index (χ0) is 19.0. The van der Waals surface area contributed by atoms with Gasteiger partial charge in [0.15, 0.2) is 0 Å². The fourth-order valence-corrected chi connectivity index (χ4v) is 4.73. The predicted octanol–water partition coefficient (Wildman–Crippen LogP) is 4.50. The second-order valence-corrected chi connectivity index (χ2v) is 8.43. The monoisotopic (exact) mass is 369 g/mol. The SMILES string of the molecule is Cc1ccc(CN(C(=O)OC2C[C@H]3CC[C@@H](C2)[N+]3(C)C)c2ccccc2)o1. The van der Waals surface area contributed by atoms with Crippen LogP contribution in [-0.2, 0) is 11.3 Å². The molecule has 5 heteroatoms. The third-order valence-corrected chi connectivity index (χ3v) is 6.45. The molecule has 3 heterocycles. The Hall–Kier alpha value is -2.27. The normalized spacial score (nSPS) is 26.0. The van der Waals surface area contributed by atoms with Crippen molar-refractivity contribution in [3.05, 3.63) is 54.0 Å². The van der Waals surface area contributed by atoms with Crippen molar-refractivity contribution in [2.45, 2.75) is 57.3 Å². The highest BCUT2D eigenvalue weighted by Gasteiger charge is 2.50. The number of para-hydroxylation sites is 1. The van der Waals surface area contributed by atoms with E-state index in [4.69, 9.17) is 9.15 Å². The van der Waals surface area contributed by atoms with Crippen LogP contribution in [0.3, 0.4) is 0 Å². The minimum atomic E-state index is -0.285. The fourth-order valence-electron chi connectivity index (χ4n) is 4.73. The number of fused-ring (bicyclic) bond motifs is 2. The molecule has 0 spiro atoms. The highest BCUT2D eigenvalue weighted by atomic mass is 16.6. The van der Waals surface area contributed by atoms with Gasteiger partial charge in [-0.05, 0) is 31.2 Å². The molecule has 0 saturated carbocycles. The number of aryl methyl sites for hydroxylation is 1. The van der Waals surface area contributed by atoms with E-state index in [0.29, 0.717) is 18.6 Å². The second-order valence-electron chi connectivity index (χ2n) is 8.43. The number of carbonyl (C=O) groups is 1. The molecule has 2 aliphatic rings. The molecule has 1 amide bonds. The molecular weight excluding hydrogens is 340 g/mol. The molecule has 27 heavy (non-hydrogen) atoms. The minimum Gasteiger partial charge on any atom is -0.464 e. The average molecular weight is 369 g/mol. The van der Waals surface area contributed by atoms with Crippen LogP contribution >= 0.6 is 0 Å². The van der Waals surface area contributed by atoms with Crippen molar-refractivity contribution in [1.82, 2.24) is 0 Å². The number of hydrogen-bond acceptors (Lipinski definition) is 3. The van der Waals surface area contributed by atoms with E-state index in [1.807, 2.05) is 49.4 Å². The van der Waals surface area contributed by atoms with Gasteiger partial charge in [0, 0.05) is 31.4 Å². The Morgan fingerprint density at radius 3 is 2.37 bits per heavy atom. The number of piperidine rings is 1. The lowest BCUT2D eigenvalue weighted by Gasteiger charge is -2.44. The Morgan fingerprint density at radius 2 is 1.78 bits per heavy atom. The number of anilines is 1. The number of hydrogen-bond donors (Lipinski definition) is 0. The Bertz CT molecular complexity index is 783. The smallest absolute Gasteiger partial charge is 0.414 e. The van der Waals surface area contributed by atoms with Gasteiger partial charge >= 0.3 is 6.09 Å². The third-order valence-electron chi connectivity index (χ3n) is 6.45. The van der Waals surface area contributed by atoms with E-state index in [1.165, 1.54) is 12.8 Å². The lowest BCUT2D eigenvalue weighted by molar-refractivity contribution is -0.931. The molecule has 2 aliphatic heterocycles. The first-order valence-corrected chi connectivity index (χ1v) is 9.85. The van der Waals surface area contributed by atoms with Crippen molar-refractivity contribution in [3.63, 3.8) is 0 Å². The molecule has 0 aliphatic carbocycles. The number of amides is 1. The van der Waals surface area contributed by atoms with E-state index in [-0.39, 0.29) is 12.2 Å². The van der Waals surface area contributed by atoms with Crippen LogP contribution in [0.2, 0.25) is 0 Å². The van der Waals surface area contributed by atoms with Gasteiger partial charge in [0.05, 0.1) is 32.7 Å². The topological polar surface area (TPSA) is 42.7 Å². The fraction of sp³-hybridized carbons (Fsp3) is 0.500. The summed E-state index contributed by atoms with van der Waals surface area (Å²) in [4.78, 5) is 14.8. The van der Waals surface area contributed by atoms with Gasteiger partial charge in [0.2, 0.25) is 0 Å².